The lowest BCUT2D eigenvalue weighted by molar-refractivity contribution is 0.263. The van der Waals surface area contributed by atoms with Crippen LogP contribution in [0.3, 0.4) is 0 Å². The second-order valence-electron chi connectivity index (χ2n) is 6.21. The fourth-order valence-electron chi connectivity index (χ4n) is 3.56. The fraction of sp³-hybridized carbons (Fsp3) is 0.625. The maximum atomic E-state index is 12.8. The van der Waals surface area contributed by atoms with Gasteiger partial charge < -0.3 is 5.32 Å². The van der Waals surface area contributed by atoms with E-state index in [0.717, 1.165) is 38.6 Å². The third-order valence-corrected chi connectivity index (χ3v) is 6.54. The summed E-state index contributed by atoms with van der Waals surface area (Å²) in [4.78, 5) is 0.480. The summed E-state index contributed by atoms with van der Waals surface area (Å²) in [6, 6.07) is 5.70. The monoisotopic (exact) mass is 344 g/mol. The number of rotatable bonds is 4. The summed E-state index contributed by atoms with van der Waals surface area (Å²) in [6.07, 6.45) is 5.31. The highest BCUT2D eigenvalue weighted by Crippen LogP contribution is 2.28. The number of fused-ring (bicyclic) bond motifs is 1. The molecule has 1 heterocycles. The second kappa shape index (κ2) is 7.30. The van der Waals surface area contributed by atoms with E-state index in [0.29, 0.717) is 23.9 Å². The van der Waals surface area contributed by atoms with Crippen LogP contribution in [0.25, 0.3) is 0 Å². The molecule has 4 nitrogen and oxygen atoms in total. The molecule has 1 saturated heterocycles. The Morgan fingerprint density at radius 3 is 2.77 bits per heavy atom. The van der Waals surface area contributed by atoms with E-state index in [1.54, 1.807) is 10.4 Å². The average Bonchev–Trinajstić information content (AvgIpc) is 2.95. The van der Waals surface area contributed by atoms with Crippen LogP contribution in [0.15, 0.2) is 23.1 Å². The number of sulfonamides is 1. The van der Waals surface area contributed by atoms with Gasteiger partial charge >= 0.3 is 0 Å². The van der Waals surface area contributed by atoms with Crippen molar-refractivity contribution in [1.82, 2.24) is 9.62 Å². The number of benzene rings is 1. The van der Waals surface area contributed by atoms with Gasteiger partial charge in [-0.1, -0.05) is 6.07 Å². The Hall–Kier alpha value is -0.620. The summed E-state index contributed by atoms with van der Waals surface area (Å²) in [7, 11) is -1.40. The predicted molar refractivity (Wildman–Crippen MR) is 91.1 cm³/mol. The third-order valence-electron chi connectivity index (χ3n) is 4.68. The Morgan fingerprint density at radius 1 is 1.23 bits per heavy atom. The van der Waals surface area contributed by atoms with Gasteiger partial charge in [-0.25, -0.2) is 8.42 Å². The predicted octanol–water partition coefficient (Wildman–Crippen LogP) is 2.22. The van der Waals surface area contributed by atoms with Crippen molar-refractivity contribution in [2.75, 3.05) is 26.7 Å². The molecule has 1 fully saturated rings. The van der Waals surface area contributed by atoms with E-state index in [-0.39, 0.29) is 12.4 Å². The molecule has 1 aliphatic heterocycles. The Bertz CT molecular complexity index is 617. The number of aryl methyl sites for hydroxylation is 2. The molecule has 1 aromatic carbocycles. The van der Waals surface area contributed by atoms with Crippen LogP contribution in [0.1, 0.15) is 30.4 Å². The van der Waals surface area contributed by atoms with Crippen LogP contribution in [-0.4, -0.2) is 39.4 Å². The van der Waals surface area contributed by atoms with Crippen LogP contribution in [0.4, 0.5) is 0 Å². The Kier molecular flexibility index (Phi) is 5.88. The molecule has 0 amide bonds. The fourth-order valence-corrected chi connectivity index (χ4v) is 5.16. The summed E-state index contributed by atoms with van der Waals surface area (Å²) in [5.74, 6) is 0.424. The van der Waals surface area contributed by atoms with Crippen LogP contribution in [-0.2, 0) is 22.9 Å². The molecule has 22 heavy (non-hydrogen) atoms. The molecule has 1 N–H and O–H groups in total. The number of hydrogen-bond donors (Lipinski definition) is 1. The highest BCUT2D eigenvalue weighted by molar-refractivity contribution is 7.89. The summed E-state index contributed by atoms with van der Waals surface area (Å²) >= 11 is 0. The maximum Gasteiger partial charge on any atom is 0.243 e. The van der Waals surface area contributed by atoms with E-state index in [1.807, 2.05) is 19.2 Å². The van der Waals surface area contributed by atoms with Crippen molar-refractivity contribution >= 4 is 22.4 Å². The quantitative estimate of drug-likeness (QED) is 0.911. The van der Waals surface area contributed by atoms with Crippen molar-refractivity contribution in [1.29, 1.82) is 0 Å². The molecule has 1 unspecified atom stereocenters. The zero-order valence-corrected chi connectivity index (χ0v) is 14.7. The van der Waals surface area contributed by atoms with Gasteiger partial charge in [-0.3, -0.25) is 0 Å². The zero-order valence-electron chi connectivity index (χ0n) is 13.0. The lowest BCUT2D eigenvalue weighted by Gasteiger charge is -2.32. The van der Waals surface area contributed by atoms with Gasteiger partial charge in [0.25, 0.3) is 0 Å². The Labute approximate surface area is 139 Å². The van der Waals surface area contributed by atoms with E-state index in [4.69, 9.17) is 0 Å². The summed E-state index contributed by atoms with van der Waals surface area (Å²) in [6.45, 7) is 2.18. The largest absolute Gasteiger partial charge is 0.319 e. The lowest BCUT2D eigenvalue weighted by Crippen LogP contribution is -2.42. The molecule has 1 atom stereocenters. The summed E-state index contributed by atoms with van der Waals surface area (Å²) in [5, 5.41) is 3.16. The van der Waals surface area contributed by atoms with Gasteiger partial charge in [-0.2, -0.15) is 4.31 Å². The van der Waals surface area contributed by atoms with Crippen molar-refractivity contribution < 1.29 is 8.42 Å². The van der Waals surface area contributed by atoms with Crippen LogP contribution in [0.5, 0.6) is 0 Å². The molecule has 1 aliphatic carbocycles. The SMILES string of the molecule is CNCC1CCCN(S(=O)(=O)c2ccc3c(c2)CCC3)C1.Cl. The van der Waals surface area contributed by atoms with Crippen molar-refractivity contribution in [3.63, 3.8) is 0 Å². The molecule has 0 aromatic heterocycles. The minimum absolute atomic E-state index is 0. The van der Waals surface area contributed by atoms with Gasteiger partial charge in [0.15, 0.2) is 0 Å². The number of halogens is 1. The molecular formula is C16H25ClN2O2S. The molecule has 1 aromatic rings. The zero-order chi connectivity index (χ0) is 14.9. The van der Waals surface area contributed by atoms with Gasteiger partial charge in [0, 0.05) is 13.1 Å². The van der Waals surface area contributed by atoms with Crippen molar-refractivity contribution in [3.8, 4) is 0 Å². The van der Waals surface area contributed by atoms with Gasteiger partial charge in [0.1, 0.15) is 0 Å². The number of piperidine rings is 1. The average molecular weight is 345 g/mol. The van der Waals surface area contributed by atoms with Crippen LogP contribution >= 0.6 is 12.4 Å². The van der Waals surface area contributed by atoms with Gasteiger partial charge in [0.05, 0.1) is 4.90 Å². The number of nitrogens with one attached hydrogen (secondary N) is 1. The minimum Gasteiger partial charge on any atom is -0.319 e. The van der Waals surface area contributed by atoms with Crippen LogP contribution in [0.2, 0.25) is 0 Å². The smallest absolute Gasteiger partial charge is 0.243 e. The van der Waals surface area contributed by atoms with Crippen molar-refractivity contribution in [2.24, 2.45) is 5.92 Å². The molecule has 124 valence electrons. The lowest BCUT2D eigenvalue weighted by atomic mass is 10.00. The molecule has 0 spiro atoms. The molecule has 0 radical (unpaired) electrons. The molecule has 3 rings (SSSR count). The summed E-state index contributed by atoms with van der Waals surface area (Å²) < 4.78 is 27.4. The van der Waals surface area contributed by atoms with Crippen molar-refractivity contribution in [2.45, 2.75) is 37.0 Å². The normalized spacial score (nSPS) is 22.1. The second-order valence-corrected chi connectivity index (χ2v) is 8.15. The van der Waals surface area contributed by atoms with Crippen LogP contribution < -0.4 is 5.32 Å². The van der Waals surface area contributed by atoms with E-state index in [2.05, 4.69) is 5.32 Å². The van der Waals surface area contributed by atoms with E-state index in [1.165, 1.54) is 11.1 Å². The maximum absolute atomic E-state index is 12.8. The Balaban J connectivity index is 0.00000176. The standard InChI is InChI=1S/C16H24N2O2S.ClH/c1-17-11-13-4-3-9-18(12-13)21(19,20)16-8-7-14-5-2-6-15(14)10-16;/h7-8,10,13,17H,2-6,9,11-12H2,1H3;1H. The molecule has 2 aliphatic rings. The molecular weight excluding hydrogens is 320 g/mol. The molecule has 6 heteroatoms. The molecule has 0 bridgehead atoms. The first-order chi connectivity index (χ1) is 10.1. The third kappa shape index (κ3) is 3.48. The highest BCUT2D eigenvalue weighted by atomic mass is 35.5. The first-order valence-corrected chi connectivity index (χ1v) is 9.32. The van der Waals surface area contributed by atoms with Gasteiger partial charge in [-0.15, -0.1) is 12.4 Å². The van der Waals surface area contributed by atoms with Gasteiger partial charge in [-0.05, 0) is 74.9 Å². The number of nitrogens with zero attached hydrogens (tertiary/aromatic N) is 1. The molecule has 0 saturated carbocycles. The summed E-state index contributed by atoms with van der Waals surface area (Å²) in [5.41, 5.74) is 2.54. The first-order valence-electron chi connectivity index (χ1n) is 7.88. The Morgan fingerprint density at radius 2 is 2.00 bits per heavy atom. The van der Waals surface area contributed by atoms with E-state index < -0.39 is 10.0 Å². The van der Waals surface area contributed by atoms with Crippen molar-refractivity contribution in [3.05, 3.63) is 29.3 Å². The topological polar surface area (TPSA) is 49.4 Å². The van der Waals surface area contributed by atoms with Crippen LogP contribution in [0, 0.1) is 5.92 Å². The minimum atomic E-state index is -3.33. The van der Waals surface area contributed by atoms with Gasteiger partial charge in [0.2, 0.25) is 10.0 Å². The first kappa shape index (κ1) is 17.7. The highest BCUT2D eigenvalue weighted by Gasteiger charge is 2.30. The van der Waals surface area contributed by atoms with E-state index >= 15 is 0 Å². The number of hydrogen-bond acceptors (Lipinski definition) is 3. The van der Waals surface area contributed by atoms with E-state index in [9.17, 15) is 8.42 Å².